The number of halogens is 2. The Labute approximate surface area is 129 Å². The number of nitrogens with zero attached hydrogens (tertiary/aromatic N) is 3. The molecule has 2 aromatic rings. The lowest BCUT2D eigenvalue weighted by Crippen LogP contribution is -2.18. The summed E-state index contributed by atoms with van der Waals surface area (Å²) in [5.41, 5.74) is 1.22. The zero-order chi connectivity index (χ0) is 13.8. The Kier molecular flexibility index (Phi) is 4.76. The van der Waals surface area contributed by atoms with Crippen LogP contribution in [0, 0.1) is 0 Å². The predicted octanol–water partition coefficient (Wildman–Crippen LogP) is 3.68. The van der Waals surface area contributed by atoms with Gasteiger partial charge in [-0.2, -0.15) is 0 Å². The largest absolute Gasteiger partial charge is 0.372 e. The predicted molar refractivity (Wildman–Crippen MR) is 85.5 cm³/mol. The topological polar surface area (TPSA) is 41.1 Å². The summed E-state index contributed by atoms with van der Waals surface area (Å²) in [6.45, 7) is 0.776. The Morgan fingerprint density at radius 3 is 2.74 bits per heavy atom. The van der Waals surface area contributed by atoms with E-state index in [1.807, 2.05) is 26.2 Å². The minimum atomic E-state index is 0.776. The number of aromatic nitrogens is 2. The van der Waals surface area contributed by atoms with Crippen molar-refractivity contribution in [3.8, 4) is 0 Å². The molecule has 4 nitrogen and oxygen atoms in total. The lowest BCUT2D eigenvalue weighted by Gasteiger charge is -2.20. The van der Waals surface area contributed by atoms with E-state index >= 15 is 0 Å². The summed E-state index contributed by atoms with van der Waals surface area (Å²) in [5, 5.41) is 3.03. The zero-order valence-electron chi connectivity index (χ0n) is 10.7. The smallest absolute Gasteiger partial charge is 0.148 e. The van der Waals surface area contributed by atoms with E-state index in [9.17, 15) is 0 Å². The molecular formula is C13H14Br2N4. The highest BCUT2D eigenvalue weighted by molar-refractivity contribution is 9.11. The molecule has 0 saturated carbocycles. The Balaban J connectivity index is 2.23. The van der Waals surface area contributed by atoms with E-state index in [2.05, 4.69) is 64.2 Å². The summed E-state index contributed by atoms with van der Waals surface area (Å²) in [6, 6.07) is 8.24. The molecule has 1 N–H and O–H groups in total. The van der Waals surface area contributed by atoms with Crippen LogP contribution < -0.4 is 10.2 Å². The van der Waals surface area contributed by atoms with Crippen LogP contribution in [0.5, 0.6) is 0 Å². The van der Waals surface area contributed by atoms with E-state index in [4.69, 9.17) is 0 Å². The molecule has 0 aliphatic carbocycles. The Morgan fingerprint density at radius 2 is 2.05 bits per heavy atom. The first kappa shape index (κ1) is 14.3. The van der Waals surface area contributed by atoms with Crippen LogP contribution in [-0.2, 0) is 6.54 Å². The van der Waals surface area contributed by atoms with Crippen molar-refractivity contribution in [3.05, 3.63) is 45.1 Å². The summed E-state index contributed by atoms with van der Waals surface area (Å²) in [5.74, 6) is 1.64. The Hall–Kier alpha value is -1.14. The van der Waals surface area contributed by atoms with Gasteiger partial charge in [0.1, 0.15) is 22.4 Å². The molecule has 0 amide bonds. The van der Waals surface area contributed by atoms with Gasteiger partial charge in [-0.3, -0.25) is 0 Å². The maximum absolute atomic E-state index is 4.32. The van der Waals surface area contributed by atoms with Crippen LogP contribution in [0.2, 0.25) is 0 Å². The van der Waals surface area contributed by atoms with E-state index in [1.165, 1.54) is 5.56 Å². The van der Waals surface area contributed by atoms with Gasteiger partial charge < -0.3 is 10.2 Å². The highest BCUT2D eigenvalue weighted by Gasteiger charge is 2.12. The summed E-state index contributed by atoms with van der Waals surface area (Å²) in [6.07, 6.45) is 1.56. The second kappa shape index (κ2) is 6.34. The van der Waals surface area contributed by atoms with Crippen molar-refractivity contribution in [2.45, 2.75) is 6.54 Å². The molecule has 0 fully saturated rings. The second-order valence-corrected chi connectivity index (χ2v) is 5.80. The molecule has 1 aromatic carbocycles. The van der Waals surface area contributed by atoms with Crippen LogP contribution in [0.15, 0.2) is 39.5 Å². The van der Waals surface area contributed by atoms with Gasteiger partial charge in [0, 0.05) is 25.1 Å². The number of nitrogens with one attached hydrogen (secondary N) is 1. The van der Waals surface area contributed by atoms with Crippen molar-refractivity contribution in [3.63, 3.8) is 0 Å². The number of hydrogen-bond acceptors (Lipinski definition) is 4. The molecule has 0 aliphatic rings. The molecule has 0 radical (unpaired) electrons. The third-order valence-corrected chi connectivity index (χ3v) is 3.90. The Morgan fingerprint density at radius 1 is 1.26 bits per heavy atom. The van der Waals surface area contributed by atoms with Gasteiger partial charge in [-0.25, -0.2) is 9.97 Å². The second-order valence-electron chi connectivity index (χ2n) is 4.10. The first-order valence-electron chi connectivity index (χ1n) is 5.75. The molecule has 1 aromatic heterocycles. The lowest BCUT2D eigenvalue weighted by atomic mass is 10.2. The maximum atomic E-state index is 4.32. The molecule has 0 saturated heterocycles. The van der Waals surface area contributed by atoms with E-state index in [-0.39, 0.29) is 0 Å². The molecular weight excluding hydrogens is 372 g/mol. The standard InChI is InChI=1S/C13H14Br2N4/c1-16-12-11(15)13(18-8-17-12)19(2)7-9-4-3-5-10(14)6-9/h3-6,8H,7H2,1-2H3,(H,16,17,18). The molecule has 0 atom stereocenters. The lowest BCUT2D eigenvalue weighted by molar-refractivity contribution is 0.886. The number of rotatable bonds is 4. The highest BCUT2D eigenvalue weighted by Crippen LogP contribution is 2.29. The summed E-state index contributed by atoms with van der Waals surface area (Å²) in [7, 11) is 3.85. The van der Waals surface area contributed by atoms with Crippen LogP contribution in [-0.4, -0.2) is 24.1 Å². The van der Waals surface area contributed by atoms with Crippen LogP contribution in [0.1, 0.15) is 5.56 Å². The highest BCUT2D eigenvalue weighted by atomic mass is 79.9. The molecule has 0 aliphatic heterocycles. The fraction of sp³-hybridized carbons (Fsp3) is 0.231. The van der Waals surface area contributed by atoms with E-state index in [0.717, 1.165) is 27.1 Å². The maximum Gasteiger partial charge on any atom is 0.148 e. The monoisotopic (exact) mass is 384 g/mol. The quantitative estimate of drug-likeness (QED) is 0.871. The van der Waals surface area contributed by atoms with Gasteiger partial charge >= 0.3 is 0 Å². The van der Waals surface area contributed by atoms with Gasteiger partial charge in [-0.05, 0) is 33.6 Å². The average Bonchev–Trinajstić information content (AvgIpc) is 2.39. The van der Waals surface area contributed by atoms with Crippen LogP contribution in [0.3, 0.4) is 0 Å². The average molecular weight is 386 g/mol. The number of hydrogen-bond donors (Lipinski definition) is 1. The van der Waals surface area contributed by atoms with E-state index in [0.29, 0.717) is 0 Å². The summed E-state index contributed by atoms with van der Waals surface area (Å²) < 4.78 is 1.95. The Bertz CT molecular complexity index is 574. The number of anilines is 2. The molecule has 2 rings (SSSR count). The molecule has 19 heavy (non-hydrogen) atoms. The first-order valence-corrected chi connectivity index (χ1v) is 7.34. The fourth-order valence-electron chi connectivity index (χ4n) is 1.79. The van der Waals surface area contributed by atoms with E-state index in [1.54, 1.807) is 6.33 Å². The van der Waals surface area contributed by atoms with Crippen molar-refractivity contribution in [1.82, 2.24) is 9.97 Å². The molecule has 6 heteroatoms. The van der Waals surface area contributed by atoms with Crippen molar-refractivity contribution in [2.75, 3.05) is 24.3 Å². The fourth-order valence-corrected chi connectivity index (χ4v) is 2.94. The van der Waals surface area contributed by atoms with Crippen molar-refractivity contribution < 1.29 is 0 Å². The molecule has 100 valence electrons. The van der Waals surface area contributed by atoms with Gasteiger partial charge in [0.25, 0.3) is 0 Å². The molecule has 0 unspecified atom stereocenters. The molecule has 0 spiro atoms. The summed E-state index contributed by atoms with van der Waals surface area (Å²) >= 11 is 7.01. The first-order chi connectivity index (χ1) is 9.11. The van der Waals surface area contributed by atoms with Gasteiger partial charge in [0.2, 0.25) is 0 Å². The molecule has 1 heterocycles. The SMILES string of the molecule is CNc1ncnc(N(C)Cc2cccc(Br)c2)c1Br. The third kappa shape index (κ3) is 3.45. The van der Waals surface area contributed by atoms with Gasteiger partial charge in [-0.15, -0.1) is 0 Å². The van der Waals surface area contributed by atoms with Crippen LogP contribution in [0.4, 0.5) is 11.6 Å². The third-order valence-electron chi connectivity index (χ3n) is 2.68. The zero-order valence-corrected chi connectivity index (χ0v) is 13.9. The van der Waals surface area contributed by atoms with Gasteiger partial charge in [0.15, 0.2) is 0 Å². The van der Waals surface area contributed by atoms with Crippen LogP contribution in [0.25, 0.3) is 0 Å². The molecule has 0 bridgehead atoms. The van der Waals surface area contributed by atoms with Crippen molar-refractivity contribution in [1.29, 1.82) is 0 Å². The van der Waals surface area contributed by atoms with Crippen LogP contribution >= 0.6 is 31.9 Å². The van der Waals surface area contributed by atoms with E-state index < -0.39 is 0 Å². The normalized spacial score (nSPS) is 10.3. The van der Waals surface area contributed by atoms with Gasteiger partial charge in [-0.1, -0.05) is 28.1 Å². The van der Waals surface area contributed by atoms with Crippen molar-refractivity contribution >= 4 is 43.5 Å². The minimum Gasteiger partial charge on any atom is -0.372 e. The summed E-state index contributed by atoms with van der Waals surface area (Å²) in [4.78, 5) is 10.6. The number of benzene rings is 1. The van der Waals surface area contributed by atoms with Gasteiger partial charge in [0.05, 0.1) is 0 Å². The van der Waals surface area contributed by atoms with Crippen molar-refractivity contribution in [2.24, 2.45) is 0 Å². The minimum absolute atomic E-state index is 0.776.